The Balaban J connectivity index is 1.42. The maximum Gasteiger partial charge on any atom is 0.263 e. The van der Waals surface area contributed by atoms with E-state index in [1.165, 1.54) is 36.4 Å². The third-order valence-electron chi connectivity index (χ3n) is 5.68. The Labute approximate surface area is 224 Å². The molecule has 0 spiro atoms. The van der Waals surface area contributed by atoms with Crippen molar-refractivity contribution in [3.8, 4) is 16.9 Å². The highest BCUT2D eigenvalue weighted by molar-refractivity contribution is 7.92. The molecule has 0 radical (unpaired) electrons. The molecule has 0 aliphatic carbocycles. The molecule has 38 heavy (non-hydrogen) atoms. The molecule has 0 atom stereocenters. The summed E-state index contributed by atoms with van der Waals surface area (Å²) in [5.74, 6) is -0.333. The van der Waals surface area contributed by atoms with Crippen LogP contribution in [-0.2, 0) is 10.0 Å². The van der Waals surface area contributed by atoms with Gasteiger partial charge in [-0.25, -0.2) is 13.1 Å². The molecule has 5 aromatic rings. The molecule has 0 bridgehead atoms. The summed E-state index contributed by atoms with van der Waals surface area (Å²) >= 11 is 5.70. The lowest BCUT2D eigenvalue weighted by Crippen LogP contribution is -2.16. The molecular formula is C27H21ClN6O3S. The van der Waals surface area contributed by atoms with E-state index in [-0.39, 0.29) is 21.8 Å². The van der Waals surface area contributed by atoms with Gasteiger partial charge in [0, 0.05) is 11.3 Å². The summed E-state index contributed by atoms with van der Waals surface area (Å²) in [7, 11) is -3.92. The van der Waals surface area contributed by atoms with Gasteiger partial charge < -0.3 is 5.32 Å². The van der Waals surface area contributed by atoms with E-state index in [2.05, 4.69) is 20.2 Å². The molecule has 1 amide bonds. The fourth-order valence-corrected chi connectivity index (χ4v) is 4.97. The highest BCUT2D eigenvalue weighted by Gasteiger charge is 2.23. The van der Waals surface area contributed by atoms with Crippen LogP contribution in [0.15, 0.2) is 102 Å². The molecular weight excluding hydrogens is 524 g/mol. The first-order valence-corrected chi connectivity index (χ1v) is 13.3. The van der Waals surface area contributed by atoms with Gasteiger partial charge in [0.1, 0.15) is 5.69 Å². The van der Waals surface area contributed by atoms with Crippen LogP contribution in [0.4, 0.5) is 11.5 Å². The van der Waals surface area contributed by atoms with Crippen molar-refractivity contribution in [1.29, 1.82) is 0 Å². The van der Waals surface area contributed by atoms with Gasteiger partial charge in [0.15, 0.2) is 11.0 Å². The Morgan fingerprint density at radius 2 is 1.50 bits per heavy atom. The maximum atomic E-state index is 13.5. The van der Waals surface area contributed by atoms with Crippen molar-refractivity contribution in [3.63, 3.8) is 0 Å². The number of nitrogens with one attached hydrogen (secondary N) is 2. The highest BCUT2D eigenvalue weighted by atomic mass is 35.5. The number of benzene rings is 3. The zero-order valence-corrected chi connectivity index (χ0v) is 21.6. The standard InChI is InChI=1S/C27H21ClN6O3S/c1-18-25(26(19-8-4-2-5-9-19)32-34(18)21-10-6-3-7-11-21)27(35)29-20-12-14-22(15-13-20)38(36,37)33-24-17-16-23(28)30-31-24/h2-17H,1H3,(H,29,35)(H,31,33). The summed E-state index contributed by atoms with van der Waals surface area (Å²) in [6, 6.07) is 27.6. The first kappa shape index (κ1) is 25.1. The minimum Gasteiger partial charge on any atom is -0.322 e. The first-order valence-electron chi connectivity index (χ1n) is 11.5. The van der Waals surface area contributed by atoms with Crippen LogP contribution >= 0.6 is 11.6 Å². The molecule has 3 aromatic carbocycles. The summed E-state index contributed by atoms with van der Waals surface area (Å²) in [6.07, 6.45) is 0. The Bertz CT molecular complexity index is 1690. The van der Waals surface area contributed by atoms with Gasteiger partial charge in [0.25, 0.3) is 15.9 Å². The number of carbonyl (C=O) groups excluding carboxylic acids is 1. The number of amides is 1. The molecule has 0 fully saturated rings. The number of rotatable bonds is 7. The van der Waals surface area contributed by atoms with Gasteiger partial charge in [-0.05, 0) is 55.5 Å². The zero-order chi connectivity index (χ0) is 26.7. The molecule has 2 N–H and O–H groups in total. The van der Waals surface area contributed by atoms with E-state index in [9.17, 15) is 13.2 Å². The number of nitrogens with zero attached hydrogens (tertiary/aromatic N) is 4. The van der Waals surface area contributed by atoms with E-state index in [4.69, 9.17) is 16.7 Å². The van der Waals surface area contributed by atoms with Gasteiger partial charge >= 0.3 is 0 Å². The van der Waals surface area contributed by atoms with Crippen molar-refractivity contribution in [2.75, 3.05) is 10.0 Å². The minimum atomic E-state index is -3.92. The van der Waals surface area contributed by atoms with E-state index in [0.717, 1.165) is 11.3 Å². The summed E-state index contributed by atoms with van der Waals surface area (Å²) in [5.41, 5.74) is 3.67. The van der Waals surface area contributed by atoms with Crippen molar-refractivity contribution in [1.82, 2.24) is 20.0 Å². The second-order valence-corrected chi connectivity index (χ2v) is 10.3. The second kappa shape index (κ2) is 10.4. The molecule has 11 heteroatoms. The lowest BCUT2D eigenvalue weighted by Gasteiger charge is -2.10. The lowest BCUT2D eigenvalue weighted by atomic mass is 10.1. The van der Waals surface area contributed by atoms with E-state index < -0.39 is 10.0 Å². The first-order chi connectivity index (χ1) is 18.3. The summed E-state index contributed by atoms with van der Waals surface area (Å²) < 4.78 is 29.5. The Morgan fingerprint density at radius 1 is 0.842 bits per heavy atom. The number of para-hydroxylation sites is 1. The van der Waals surface area contributed by atoms with Crippen LogP contribution in [0.25, 0.3) is 16.9 Å². The molecule has 9 nitrogen and oxygen atoms in total. The smallest absolute Gasteiger partial charge is 0.263 e. The second-order valence-electron chi connectivity index (χ2n) is 8.25. The number of sulfonamides is 1. The van der Waals surface area contributed by atoms with Gasteiger partial charge in [0.05, 0.1) is 21.8 Å². The van der Waals surface area contributed by atoms with Gasteiger partial charge in [0.2, 0.25) is 0 Å². The number of halogens is 1. The monoisotopic (exact) mass is 544 g/mol. The Kier molecular flexibility index (Phi) is 6.91. The summed E-state index contributed by atoms with van der Waals surface area (Å²) in [5, 5.41) is 15.1. The Morgan fingerprint density at radius 3 is 2.13 bits per heavy atom. The van der Waals surface area contributed by atoms with Gasteiger partial charge in [-0.1, -0.05) is 60.1 Å². The number of hydrogen-bond donors (Lipinski definition) is 2. The fraction of sp³-hybridized carbons (Fsp3) is 0.0370. The molecule has 0 saturated heterocycles. The molecule has 190 valence electrons. The molecule has 2 aromatic heterocycles. The normalized spacial score (nSPS) is 11.2. The number of anilines is 2. The van der Waals surface area contributed by atoms with Crippen LogP contribution in [0.1, 0.15) is 16.1 Å². The average molecular weight is 545 g/mol. The molecule has 0 aliphatic heterocycles. The zero-order valence-electron chi connectivity index (χ0n) is 20.0. The SMILES string of the molecule is Cc1c(C(=O)Nc2ccc(S(=O)(=O)Nc3ccc(Cl)nn3)cc2)c(-c2ccccc2)nn1-c1ccccc1. The van der Waals surface area contributed by atoms with E-state index in [0.29, 0.717) is 22.6 Å². The van der Waals surface area contributed by atoms with E-state index in [1.807, 2.05) is 67.6 Å². The third kappa shape index (κ3) is 5.26. The topological polar surface area (TPSA) is 119 Å². The lowest BCUT2D eigenvalue weighted by molar-refractivity contribution is 0.102. The van der Waals surface area contributed by atoms with Crippen molar-refractivity contribution in [3.05, 3.63) is 113 Å². The van der Waals surface area contributed by atoms with Crippen LogP contribution < -0.4 is 10.0 Å². The van der Waals surface area contributed by atoms with Crippen molar-refractivity contribution in [2.24, 2.45) is 0 Å². The largest absolute Gasteiger partial charge is 0.322 e. The van der Waals surface area contributed by atoms with Gasteiger partial charge in [-0.15, -0.1) is 10.2 Å². The minimum absolute atomic E-state index is 0.00898. The predicted molar refractivity (Wildman–Crippen MR) is 146 cm³/mol. The predicted octanol–water partition coefficient (Wildman–Crippen LogP) is 5.34. The van der Waals surface area contributed by atoms with Gasteiger partial charge in [-0.3, -0.25) is 9.52 Å². The molecule has 0 unspecified atom stereocenters. The van der Waals surface area contributed by atoms with Crippen LogP contribution in [0.5, 0.6) is 0 Å². The van der Waals surface area contributed by atoms with Crippen LogP contribution in [0.2, 0.25) is 5.15 Å². The number of hydrogen-bond acceptors (Lipinski definition) is 6. The van der Waals surface area contributed by atoms with E-state index in [1.54, 1.807) is 4.68 Å². The quantitative estimate of drug-likeness (QED) is 0.285. The average Bonchev–Trinajstić information content (AvgIpc) is 3.28. The highest BCUT2D eigenvalue weighted by Crippen LogP contribution is 2.28. The van der Waals surface area contributed by atoms with E-state index >= 15 is 0 Å². The molecule has 5 rings (SSSR count). The Hall–Kier alpha value is -4.54. The van der Waals surface area contributed by atoms with Crippen molar-refractivity contribution < 1.29 is 13.2 Å². The fourth-order valence-electron chi connectivity index (χ4n) is 3.87. The van der Waals surface area contributed by atoms with Crippen LogP contribution in [-0.4, -0.2) is 34.3 Å². The number of aromatic nitrogens is 4. The van der Waals surface area contributed by atoms with Crippen molar-refractivity contribution in [2.45, 2.75) is 11.8 Å². The molecule has 0 aliphatic rings. The van der Waals surface area contributed by atoms with Crippen LogP contribution in [0, 0.1) is 6.92 Å². The van der Waals surface area contributed by atoms with Gasteiger partial charge in [-0.2, -0.15) is 5.10 Å². The van der Waals surface area contributed by atoms with Crippen LogP contribution in [0.3, 0.4) is 0 Å². The third-order valence-corrected chi connectivity index (χ3v) is 7.26. The summed E-state index contributed by atoms with van der Waals surface area (Å²) in [4.78, 5) is 13.5. The summed E-state index contributed by atoms with van der Waals surface area (Å²) in [6.45, 7) is 1.84. The number of carbonyl (C=O) groups is 1. The maximum absolute atomic E-state index is 13.5. The van der Waals surface area contributed by atoms with Crippen molar-refractivity contribution >= 4 is 39.0 Å². The molecule has 0 saturated carbocycles. The molecule has 2 heterocycles.